The molecule has 1 saturated heterocycles. The van der Waals surface area contributed by atoms with E-state index in [-0.39, 0.29) is 18.6 Å². The number of morpholine rings is 1. The zero-order valence-corrected chi connectivity index (χ0v) is 14.1. The second kappa shape index (κ2) is 9.08. The highest BCUT2D eigenvalue weighted by Gasteiger charge is 2.12. The minimum Gasteiger partial charge on any atom is -0.394 e. The van der Waals surface area contributed by atoms with E-state index in [4.69, 9.17) is 21.4 Å². The fraction of sp³-hybridized carbons (Fsp3) is 0.562. The number of anilines is 1. The molecule has 1 unspecified atom stereocenters. The normalized spacial score (nSPS) is 16.8. The molecule has 0 bridgehead atoms. The molecule has 1 aliphatic rings. The van der Waals surface area contributed by atoms with Gasteiger partial charge >= 0.3 is 0 Å². The van der Waals surface area contributed by atoms with Gasteiger partial charge in [-0.25, -0.2) is 0 Å². The van der Waals surface area contributed by atoms with Crippen molar-refractivity contribution in [2.45, 2.75) is 13.0 Å². The van der Waals surface area contributed by atoms with Gasteiger partial charge in [0.2, 0.25) is 0 Å². The molecule has 1 atom stereocenters. The van der Waals surface area contributed by atoms with Gasteiger partial charge in [0.25, 0.3) is 5.91 Å². The Bertz CT molecular complexity index is 521. The van der Waals surface area contributed by atoms with Gasteiger partial charge in [0.1, 0.15) is 0 Å². The van der Waals surface area contributed by atoms with Gasteiger partial charge < -0.3 is 20.5 Å². The maximum atomic E-state index is 12.0. The number of benzene rings is 1. The Morgan fingerprint density at radius 3 is 2.83 bits per heavy atom. The van der Waals surface area contributed by atoms with Gasteiger partial charge in [-0.05, 0) is 25.1 Å². The minimum atomic E-state index is -0.285. The second-order valence-corrected chi connectivity index (χ2v) is 6.04. The van der Waals surface area contributed by atoms with Crippen LogP contribution in [0.25, 0.3) is 0 Å². The number of nitrogens with zero attached hydrogens (tertiary/aromatic N) is 1. The van der Waals surface area contributed by atoms with Crippen LogP contribution in [0, 0.1) is 0 Å². The molecule has 1 aromatic carbocycles. The Morgan fingerprint density at radius 2 is 2.17 bits per heavy atom. The third kappa shape index (κ3) is 5.66. The zero-order valence-electron chi connectivity index (χ0n) is 13.3. The molecule has 0 aliphatic carbocycles. The van der Waals surface area contributed by atoms with E-state index in [2.05, 4.69) is 15.5 Å². The maximum absolute atomic E-state index is 12.0. The van der Waals surface area contributed by atoms with Crippen LogP contribution >= 0.6 is 11.6 Å². The molecule has 3 N–H and O–H groups in total. The first kappa shape index (κ1) is 18.0. The molecule has 1 fully saturated rings. The number of aliphatic hydroxyl groups is 1. The Balaban J connectivity index is 1.84. The number of ether oxygens (including phenoxy) is 1. The largest absolute Gasteiger partial charge is 0.394 e. The summed E-state index contributed by atoms with van der Waals surface area (Å²) in [6.45, 7) is 6.84. The van der Waals surface area contributed by atoms with Gasteiger partial charge in [-0.15, -0.1) is 0 Å². The quantitative estimate of drug-likeness (QED) is 0.695. The summed E-state index contributed by atoms with van der Waals surface area (Å²) >= 11 is 6.24. The Kier molecular flexibility index (Phi) is 7.11. The number of aliphatic hydroxyl groups excluding tert-OH is 1. The molecule has 1 amide bonds. The lowest BCUT2D eigenvalue weighted by Gasteiger charge is -2.26. The molecule has 6 nitrogen and oxygen atoms in total. The van der Waals surface area contributed by atoms with Gasteiger partial charge in [0.15, 0.2) is 0 Å². The Labute approximate surface area is 141 Å². The minimum absolute atomic E-state index is 0.0966. The summed E-state index contributed by atoms with van der Waals surface area (Å²) in [6.07, 6.45) is 0. The molecule has 1 aliphatic heterocycles. The molecule has 1 aromatic rings. The van der Waals surface area contributed by atoms with Crippen LogP contribution < -0.4 is 10.6 Å². The van der Waals surface area contributed by atoms with Crippen LogP contribution in [0.3, 0.4) is 0 Å². The lowest BCUT2D eigenvalue weighted by molar-refractivity contribution is 0.0398. The Morgan fingerprint density at radius 1 is 1.43 bits per heavy atom. The third-order valence-corrected chi connectivity index (χ3v) is 4.04. The van der Waals surface area contributed by atoms with Crippen molar-refractivity contribution in [3.8, 4) is 0 Å². The van der Waals surface area contributed by atoms with E-state index in [1.807, 2.05) is 0 Å². The van der Waals surface area contributed by atoms with Gasteiger partial charge in [0.05, 0.1) is 30.5 Å². The number of nitrogens with one attached hydrogen (secondary N) is 2. The number of halogens is 1. The van der Waals surface area contributed by atoms with Crippen LogP contribution in [-0.4, -0.2) is 68.0 Å². The highest BCUT2D eigenvalue weighted by Crippen LogP contribution is 2.23. The topological polar surface area (TPSA) is 73.8 Å². The smallest absolute Gasteiger partial charge is 0.251 e. The van der Waals surface area contributed by atoms with Gasteiger partial charge in [-0.1, -0.05) is 11.6 Å². The molecule has 23 heavy (non-hydrogen) atoms. The van der Waals surface area contributed by atoms with E-state index in [0.717, 1.165) is 45.1 Å². The van der Waals surface area contributed by atoms with Crippen molar-refractivity contribution in [1.82, 2.24) is 10.2 Å². The van der Waals surface area contributed by atoms with Gasteiger partial charge in [-0.2, -0.15) is 0 Å². The van der Waals surface area contributed by atoms with Crippen molar-refractivity contribution in [2.75, 3.05) is 51.3 Å². The summed E-state index contributed by atoms with van der Waals surface area (Å²) in [7, 11) is 0. The van der Waals surface area contributed by atoms with Crippen molar-refractivity contribution < 1.29 is 14.6 Å². The summed E-state index contributed by atoms with van der Waals surface area (Å²) < 4.78 is 5.32. The molecular formula is C16H24ClN3O3. The van der Waals surface area contributed by atoms with Gasteiger partial charge in [-0.3, -0.25) is 9.69 Å². The van der Waals surface area contributed by atoms with E-state index in [0.29, 0.717) is 10.6 Å². The van der Waals surface area contributed by atoms with Crippen molar-refractivity contribution in [3.63, 3.8) is 0 Å². The van der Waals surface area contributed by atoms with Crippen LogP contribution in [0.2, 0.25) is 5.02 Å². The lowest BCUT2D eigenvalue weighted by Crippen LogP contribution is -2.39. The van der Waals surface area contributed by atoms with Crippen LogP contribution in [0.1, 0.15) is 17.3 Å². The third-order valence-electron chi connectivity index (χ3n) is 3.73. The summed E-state index contributed by atoms with van der Waals surface area (Å²) in [5.74, 6) is -0.242. The number of carbonyl (C=O) groups excluding carboxylic acids is 1. The average Bonchev–Trinajstić information content (AvgIpc) is 2.57. The number of rotatable bonds is 7. The molecular weight excluding hydrogens is 318 g/mol. The van der Waals surface area contributed by atoms with Crippen LogP contribution in [0.15, 0.2) is 18.2 Å². The molecule has 0 saturated carbocycles. The second-order valence-electron chi connectivity index (χ2n) is 5.63. The van der Waals surface area contributed by atoms with Crippen LogP contribution in [0.4, 0.5) is 5.69 Å². The fourth-order valence-electron chi connectivity index (χ4n) is 2.33. The predicted molar refractivity (Wildman–Crippen MR) is 91.2 cm³/mol. The van der Waals surface area contributed by atoms with E-state index in [1.54, 1.807) is 25.1 Å². The summed E-state index contributed by atoms with van der Waals surface area (Å²) in [5, 5.41) is 15.5. The Hall–Kier alpha value is -1.34. The molecule has 7 heteroatoms. The molecule has 128 valence electrons. The fourth-order valence-corrected chi connectivity index (χ4v) is 2.57. The SMILES string of the molecule is CC(CO)NC(=O)c1ccc(NCCN2CCOCC2)c(Cl)c1. The first-order chi connectivity index (χ1) is 11.1. The van der Waals surface area contributed by atoms with E-state index in [1.165, 1.54) is 0 Å². The van der Waals surface area contributed by atoms with Crippen LogP contribution in [0.5, 0.6) is 0 Å². The first-order valence-corrected chi connectivity index (χ1v) is 8.23. The lowest BCUT2D eigenvalue weighted by atomic mass is 10.2. The molecule has 0 radical (unpaired) electrons. The number of carbonyl (C=O) groups is 1. The summed E-state index contributed by atoms with van der Waals surface area (Å²) in [4.78, 5) is 14.3. The monoisotopic (exact) mass is 341 g/mol. The molecule has 1 heterocycles. The predicted octanol–water partition coefficient (Wildman–Crippen LogP) is 1.19. The average molecular weight is 342 g/mol. The van der Waals surface area contributed by atoms with Crippen LogP contribution in [-0.2, 0) is 4.74 Å². The summed E-state index contributed by atoms with van der Waals surface area (Å²) in [5.41, 5.74) is 1.29. The zero-order chi connectivity index (χ0) is 16.7. The van der Waals surface area contributed by atoms with Crippen molar-refractivity contribution in [1.29, 1.82) is 0 Å². The van der Waals surface area contributed by atoms with E-state index in [9.17, 15) is 4.79 Å². The highest BCUT2D eigenvalue weighted by atomic mass is 35.5. The van der Waals surface area contributed by atoms with Gasteiger partial charge in [0, 0.05) is 37.8 Å². The van der Waals surface area contributed by atoms with E-state index < -0.39 is 0 Å². The van der Waals surface area contributed by atoms with Crippen molar-refractivity contribution >= 4 is 23.2 Å². The first-order valence-electron chi connectivity index (χ1n) is 7.85. The molecule has 0 aromatic heterocycles. The molecule has 2 rings (SSSR count). The van der Waals surface area contributed by atoms with Crippen molar-refractivity contribution in [3.05, 3.63) is 28.8 Å². The standard InChI is InChI=1S/C16H24ClN3O3/c1-12(11-21)19-16(22)13-2-3-15(14(17)10-13)18-4-5-20-6-8-23-9-7-20/h2-3,10,12,18,21H,4-9,11H2,1H3,(H,19,22). The highest BCUT2D eigenvalue weighted by molar-refractivity contribution is 6.33. The molecule has 0 spiro atoms. The number of amides is 1. The van der Waals surface area contributed by atoms with E-state index >= 15 is 0 Å². The number of hydrogen-bond donors (Lipinski definition) is 3. The van der Waals surface area contributed by atoms with Crippen molar-refractivity contribution in [2.24, 2.45) is 0 Å². The summed E-state index contributed by atoms with van der Waals surface area (Å²) in [6, 6.07) is 4.88. The number of hydrogen-bond acceptors (Lipinski definition) is 5. The maximum Gasteiger partial charge on any atom is 0.251 e.